The zero-order valence-corrected chi connectivity index (χ0v) is 20.9. The van der Waals surface area contributed by atoms with E-state index in [-0.39, 0.29) is 0 Å². The lowest BCUT2D eigenvalue weighted by Crippen LogP contribution is -2.03. The van der Waals surface area contributed by atoms with E-state index in [1.54, 1.807) is 0 Å². The van der Waals surface area contributed by atoms with Crippen LogP contribution < -0.4 is 9.47 Å². The maximum absolute atomic E-state index is 10.6. The molecule has 0 amide bonds. The summed E-state index contributed by atoms with van der Waals surface area (Å²) in [4.78, 5) is 15.4. The number of rotatable bonds is 11. The average molecular weight is 496 g/mol. The van der Waals surface area contributed by atoms with Crippen LogP contribution in [0.15, 0.2) is 96.2 Å². The number of benzene rings is 4. The molecule has 0 heterocycles. The van der Waals surface area contributed by atoms with E-state index in [1.165, 1.54) is 17.3 Å². The SMILES string of the molecule is Cc1ccc(COc2ccc(-c3cccc(/C=N/OCC(=O)O)c3)c(OCc3ccc(C)cc3)c2)cc1. The molecule has 0 fully saturated rings. The zero-order chi connectivity index (χ0) is 26.0. The number of hydrogen-bond acceptors (Lipinski definition) is 5. The normalized spacial score (nSPS) is 10.9. The number of nitrogens with zero attached hydrogens (tertiary/aromatic N) is 1. The minimum absolute atomic E-state index is 0.416. The molecule has 0 aliphatic rings. The number of carboxylic acids is 1. The number of aryl methyl sites for hydroxylation is 2. The fraction of sp³-hybridized carbons (Fsp3) is 0.161. The number of carbonyl (C=O) groups is 1. The van der Waals surface area contributed by atoms with E-state index in [0.717, 1.165) is 27.8 Å². The lowest BCUT2D eigenvalue weighted by molar-refractivity contribution is -0.142. The number of oxime groups is 1. The second-order valence-corrected chi connectivity index (χ2v) is 8.73. The molecular weight excluding hydrogens is 466 g/mol. The molecule has 4 aromatic carbocycles. The van der Waals surface area contributed by atoms with Gasteiger partial charge in [-0.2, -0.15) is 0 Å². The Labute approximate surface area is 216 Å². The Morgan fingerprint density at radius 3 is 2.11 bits per heavy atom. The van der Waals surface area contributed by atoms with Crippen LogP contribution in [0.25, 0.3) is 11.1 Å². The summed E-state index contributed by atoms with van der Waals surface area (Å²) < 4.78 is 12.4. The van der Waals surface area contributed by atoms with Gasteiger partial charge in [0.25, 0.3) is 0 Å². The highest BCUT2D eigenvalue weighted by Gasteiger charge is 2.11. The molecular formula is C31H29NO5. The first kappa shape index (κ1) is 25.5. The summed E-state index contributed by atoms with van der Waals surface area (Å²) in [6.45, 7) is 4.50. The third-order valence-corrected chi connectivity index (χ3v) is 5.66. The van der Waals surface area contributed by atoms with Gasteiger partial charge >= 0.3 is 5.97 Å². The second-order valence-electron chi connectivity index (χ2n) is 8.73. The first-order chi connectivity index (χ1) is 18.0. The minimum atomic E-state index is -1.08. The molecule has 0 aromatic heterocycles. The van der Waals surface area contributed by atoms with Crippen molar-refractivity contribution in [3.8, 4) is 22.6 Å². The predicted molar refractivity (Wildman–Crippen MR) is 144 cm³/mol. The van der Waals surface area contributed by atoms with Crippen LogP contribution in [-0.4, -0.2) is 23.9 Å². The smallest absolute Gasteiger partial charge is 0.344 e. The van der Waals surface area contributed by atoms with Crippen LogP contribution in [0.2, 0.25) is 0 Å². The highest BCUT2D eigenvalue weighted by atomic mass is 16.6. The van der Waals surface area contributed by atoms with Crippen molar-refractivity contribution in [2.45, 2.75) is 27.1 Å². The molecule has 0 bridgehead atoms. The van der Waals surface area contributed by atoms with Gasteiger partial charge in [0.05, 0.1) is 6.21 Å². The molecule has 6 nitrogen and oxygen atoms in total. The summed E-state index contributed by atoms with van der Waals surface area (Å²) in [5, 5.41) is 12.4. The molecule has 0 saturated carbocycles. The number of ether oxygens (including phenoxy) is 2. The molecule has 0 aliphatic carbocycles. The highest BCUT2D eigenvalue weighted by Crippen LogP contribution is 2.34. The Kier molecular flexibility index (Phi) is 8.55. The molecule has 0 radical (unpaired) electrons. The van der Waals surface area contributed by atoms with Gasteiger partial charge in [0.15, 0.2) is 0 Å². The van der Waals surface area contributed by atoms with Gasteiger partial charge in [-0.15, -0.1) is 0 Å². The standard InChI is InChI=1S/C31H29NO5/c1-22-6-10-24(11-7-22)19-35-28-14-15-29(30(17-28)36-20-25-12-8-23(2)9-13-25)27-5-3-4-26(16-27)18-32-37-21-31(33)34/h3-18H,19-21H2,1-2H3,(H,33,34)/b32-18+. The quantitative estimate of drug-likeness (QED) is 0.188. The fourth-order valence-electron chi connectivity index (χ4n) is 3.62. The summed E-state index contributed by atoms with van der Waals surface area (Å²) in [6, 6.07) is 30.0. The van der Waals surface area contributed by atoms with Gasteiger partial charge in [-0.05, 0) is 54.3 Å². The average Bonchev–Trinajstić information content (AvgIpc) is 2.90. The molecule has 0 atom stereocenters. The molecule has 0 spiro atoms. The summed E-state index contributed by atoms with van der Waals surface area (Å²) in [5.74, 6) is 0.326. The Hall–Kier alpha value is -4.58. The number of aliphatic carboxylic acids is 1. The van der Waals surface area contributed by atoms with Crippen LogP contribution in [-0.2, 0) is 22.8 Å². The lowest BCUT2D eigenvalue weighted by Gasteiger charge is -2.15. The minimum Gasteiger partial charge on any atom is -0.489 e. The Bertz CT molecular complexity index is 1360. The van der Waals surface area contributed by atoms with Gasteiger partial charge in [0, 0.05) is 11.6 Å². The van der Waals surface area contributed by atoms with Gasteiger partial charge in [0.2, 0.25) is 6.61 Å². The molecule has 0 unspecified atom stereocenters. The van der Waals surface area contributed by atoms with E-state index < -0.39 is 12.6 Å². The van der Waals surface area contributed by atoms with Crippen LogP contribution in [0.4, 0.5) is 0 Å². The Balaban J connectivity index is 1.57. The van der Waals surface area contributed by atoms with E-state index in [0.29, 0.717) is 24.7 Å². The van der Waals surface area contributed by atoms with E-state index >= 15 is 0 Å². The number of carboxylic acid groups (broad SMARTS) is 1. The van der Waals surface area contributed by atoms with Gasteiger partial charge in [-0.25, -0.2) is 4.79 Å². The van der Waals surface area contributed by atoms with Gasteiger partial charge < -0.3 is 19.4 Å². The van der Waals surface area contributed by atoms with Crippen LogP contribution in [0, 0.1) is 13.8 Å². The van der Waals surface area contributed by atoms with Crippen LogP contribution in [0.3, 0.4) is 0 Å². The molecule has 37 heavy (non-hydrogen) atoms. The van der Waals surface area contributed by atoms with Gasteiger partial charge in [0.1, 0.15) is 24.7 Å². The third kappa shape index (κ3) is 7.70. The summed E-state index contributed by atoms with van der Waals surface area (Å²) in [5.41, 5.74) is 7.16. The molecule has 4 rings (SSSR count). The van der Waals surface area contributed by atoms with E-state index in [4.69, 9.17) is 19.4 Å². The second kappa shape index (κ2) is 12.4. The van der Waals surface area contributed by atoms with Crippen LogP contribution in [0.1, 0.15) is 27.8 Å². The third-order valence-electron chi connectivity index (χ3n) is 5.66. The first-order valence-corrected chi connectivity index (χ1v) is 11.9. The largest absolute Gasteiger partial charge is 0.489 e. The Morgan fingerprint density at radius 2 is 1.46 bits per heavy atom. The van der Waals surface area contributed by atoms with Crippen molar-refractivity contribution >= 4 is 12.2 Å². The molecule has 1 N–H and O–H groups in total. The van der Waals surface area contributed by atoms with Crippen molar-refractivity contribution in [1.29, 1.82) is 0 Å². The molecule has 188 valence electrons. The predicted octanol–water partition coefficient (Wildman–Crippen LogP) is 6.56. The topological polar surface area (TPSA) is 77.4 Å². The van der Waals surface area contributed by atoms with Crippen molar-refractivity contribution in [1.82, 2.24) is 0 Å². The van der Waals surface area contributed by atoms with E-state index in [9.17, 15) is 4.79 Å². The van der Waals surface area contributed by atoms with Crippen LogP contribution >= 0.6 is 0 Å². The molecule has 0 aliphatic heterocycles. The van der Waals surface area contributed by atoms with Crippen LogP contribution in [0.5, 0.6) is 11.5 Å². The highest BCUT2D eigenvalue weighted by molar-refractivity contribution is 5.83. The van der Waals surface area contributed by atoms with E-state index in [2.05, 4.69) is 67.5 Å². The van der Waals surface area contributed by atoms with Gasteiger partial charge in [-0.1, -0.05) is 83.0 Å². The zero-order valence-electron chi connectivity index (χ0n) is 20.9. The maximum atomic E-state index is 10.6. The van der Waals surface area contributed by atoms with E-state index in [1.807, 2.05) is 42.5 Å². The number of hydrogen-bond donors (Lipinski definition) is 1. The van der Waals surface area contributed by atoms with Crippen molar-refractivity contribution in [3.63, 3.8) is 0 Å². The summed E-state index contributed by atoms with van der Waals surface area (Å²) >= 11 is 0. The molecule has 6 heteroatoms. The van der Waals surface area contributed by atoms with Crippen molar-refractivity contribution in [2.24, 2.45) is 5.16 Å². The Morgan fingerprint density at radius 1 is 0.811 bits per heavy atom. The fourth-order valence-corrected chi connectivity index (χ4v) is 3.62. The molecule has 0 saturated heterocycles. The first-order valence-electron chi connectivity index (χ1n) is 11.9. The summed E-state index contributed by atoms with van der Waals surface area (Å²) in [6.07, 6.45) is 1.48. The van der Waals surface area contributed by atoms with Crippen molar-refractivity contribution in [2.75, 3.05) is 6.61 Å². The van der Waals surface area contributed by atoms with Crippen molar-refractivity contribution < 1.29 is 24.2 Å². The van der Waals surface area contributed by atoms with Crippen molar-refractivity contribution in [3.05, 3.63) is 119 Å². The lowest BCUT2D eigenvalue weighted by atomic mass is 10.0. The monoisotopic (exact) mass is 495 g/mol. The van der Waals surface area contributed by atoms with Gasteiger partial charge in [-0.3, -0.25) is 0 Å². The molecule has 4 aromatic rings. The maximum Gasteiger partial charge on any atom is 0.344 e. The summed E-state index contributed by atoms with van der Waals surface area (Å²) in [7, 11) is 0.